The zero-order valence-corrected chi connectivity index (χ0v) is 11.5. The topological polar surface area (TPSA) is 12.5 Å². The lowest BCUT2D eigenvalue weighted by atomic mass is 10.2. The van der Waals surface area contributed by atoms with Gasteiger partial charge in [-0.15, -0.1) is 11.6 Å². The molecule has 0 spiro atoms. The molecule has 0 N–H and O–H groups in total. The van der Waals surface area contributed by atoms with Crippen molar-refractivity contribution < 1.29 is 4.74 Å². The zero-order valence-electron chi connectivity index (χ0n) is 9.96. The molecular weight excluding hydrogens is 257 g/mol. The third kappa shape index (κ3) is 3.27. The first kappa shape index (κ1) is 13.0. The number of anilines is 1. The van der Waals surface area contributed by atoms with Gasteiger partial charge in [0.2, 0.25) is 0 Å². The average Bonchev–Trinajstić information content (AvgIpc) is 2.53. The van der Waals surface area contributed by atoms with E-state index < -0.39 is 0 Å². The molecule has 94 valence electrons. The summed E-state index contributed by atoms with van der Waals surface area (Å²) in [5.41, 5.74) is 2.14. The second-order valence-corrected chi connectivity index (χ2v) is 5.07. The first-order chi connectivity index (χ1) is 8.20. The number of halogens is 2. The summed E-state index contributed by atoms with van der Waals surface area (Å²) in [5.74, 6) is 0.500. The van der Waals surface area contributed by atoms with Crippen LogP contribution in [0.5, 0.6) is 0 Å². The fourth-order valence-corrected chi connectivity index (χ4v) is 2.59. The molecule has 0 aliphatic carbocycles. The summed E-state index contributed by atoms with van der Waals surface area (Å²) >= 11 is 12.1. The SMILES string of the molecule is CC1CN(c2ccc(CCl)cc2Cl)CCCO1. The molecule has 0 radical (unpaired) electrons. The summed E-state index contributed by atoms with van der Waals surface area (Å²) < 4.78 is 5.63. The Hall–Kier alpha value is -0.440. The molecule has 0 amide bonds. The minimum Gasteiger partial charge on any atom is -0.377 e. The van der Waals surface area contributed by atoms with Crippen molar-refractivity contribution in [1.82, 2.24) is 0 Å². The molecule has 2 nitrogen and oxygen atoms in total. The van der Waals surface area contributed by atoms with Gasteiger partial charge in [0, 0.05) is 25.6 Å². The van der Waals surface area contributed by atoms with Gasteiger partial charge in [-0.25, -0.2) is 0 Å². The lowest BCUT2D eigenvalue weighted by Crippen LogP contribution is -2.30. The van der Waals surface area contributed by atoms with Crippen molar-refractivity contribution in [3.8, 4) is 0 Å². The standard InChI is InChI=1S/C13H17Cl2NO/c1-10-9-16(5-2-6-17-10)13-4-3-11(8-14)7-12(13)15/h3-4,7,10H,2,5-6,8-9H2,1H3. The van der Waals surface area contributed by atoms with Crippen molar-refractivity contribution in [3.05, 3.63) is 28.8 Å². The summed E-state index contributed by atoms with van der Waals surface area (Å²) in [5, 5.41) is 0.775. The van der Waals surface area contributed by atoms with Gasteiger partial charge >= 0.3 is 0 Å². The zero-order chi connectivity index (χ0) is 12.3. The van der Waals surface area contributed by atoms with Crippen LogP contribution in [0, 0.1) is 0 Å². The maximum atomic E-state index is 6.30. The molecule has 1 aromatic rings. The number of rotatable bonds is 2. The van der Waals surface area contributed by atoms with E-state index in [1.54, 1.807) is 0 Å². The highest BCUT2D eigenvalue weighted by molar-refractivity contribution is 6.33. The molecule has 1 aliphatic rings. The van der Waals surface area contributed by atoms with Crippen molar-refractivity contribution in [1.29, 1.82) is 0 Å². The van der Waals surface area contributed by atoms with Crippen molar-refractivity contribution in [2.45, 2.75) is 25.3 Å². The molecule has 1 atom stereocenters. The number of nitrogens with zero attached hydrogens (tertiary/aromatic N) is 1. The maximum absolute atomic E-state index is 6.30. The molecule has 2 rings (SSSR count). The number of alkyl halides is 1. The molecule has 0 aromatic heterocycles. The van der Waals surface area contributed by atoms with E-state index in [2.05, 4.69) is 17.9 Å². The van der Waals surface area contributed by atoms with E-state index >= 15 is 0 Å². The van der Waals surface area contributed by atoms with Gasteiger partial charge in [-0.2, -0.15) is 0 Å². The molecule has 0 saturated carbocycles. The molecule has 1 heterocycles. The van der Waals surface area contributed by atoms with Crippen molar-refractivity contribution in [2.75, 3.05) is 24.6 Å². The van der Waals surface area contributed by atoms with Gasteiger partial charge in [0.15, 0.2) is 0 Å². The Bertz CT molecular complexity index is 384. The van der Waals surface area contributed by atoms with Gasteiger partial charge in [0.1, 0.15) is 0 Å². The Labute approximate surface area is 112 Å². The van der Waals surface area contributed by atoms with E-state index in [0.717, 1.165) is 42.4 Å². The van der Waals surface area contributed by atoms with Gasteiger partial charge in [-0.3, -0.25) is 0 Å². The van der Waals surface area contributed by atoms with E-state index in [1.165, 1.54) is 0 Å². The molecule has 1 unspecified atom stereocenters. The Morgan fingerprint density at radius 3 is 3.00 bits per heavy atom. The monoisotopic (exact) mass is 273 g/mol. The van der Waals surface area contributed by atoms with Crippen LogP contribution in [0.2, 0.25) is 5.02 Å². The predicted octanol–water partition coefficient (Wildman–Crippen LogP) is 3.69. The van der Waals surface area contributed by atoms with Gasteiger partial charge < -0.3 is 9.64 Å². The number of ether oxygens (including phenoxy) is 1. The van der Waals surface area contributed by atoms with Gasteiger partial charge in [0.05, 0.1) is 16.8 Å². The van der Waals surface area contributed by atoms with Crippen LogP contribution in [0.1, 0.15) is 18.9 Å². The molecule has 4 heteroatoms. The van der Waals surface area contributed by atoms with Crippen molar-refractivity contribution in [3.63, 3.8) is 0 Å². The second kappa shape index (κ2) is 5.94. The Morgan fingerprint density at radius 2 is 2.29 bits per heavy atom. The van der Waals surface area contributed by atoms with Gasteiger partial charge in [-0.1, -0.05) is 17.7 Å². The smallest absolute Gasteiger partial charge is 0.0721 e. The summed E-state index contributed by atoms with van der Waals surface area (Å²) in [4.78, 5) is 2.29. The van der Waals surface area contributed by atoms with E-state index in [9.17, 15) is 0 Å². The minimum atomic E-state index is 0.251. The fourth-order valence-electron chi connectivity index (χ4n) is 2.10. The molecule has 0 bridgehead atoms. The maximum Gasteiger partial charge on any atom is 0.0721 e. The molecule has 1 fully saturated rings. The normalized spacial score (nSPS) is 21.4. The van der Waals surface area contributed by atoms with Gasteiger partial charge in [0.25, 0.3) is 0 Å². The molecule has 1 aliphatic heterocycles. The van der Waals surface area contributed by atoms with Crippen molar-refractivity contribution >= 4 is 28.9 Å². The van der Waals surface area contributed by atoms with Crippen LogP contribution in [0.4, 0.5) is 5.69 Å². The first-order valence-corrected chi connectivity index (χ1v) is 6.83. The van der Waals surface area contributed by atoms with E-state index in [-0.39, 0.29) is 6.10 Å². The Kier molecular flexibility index (Phi) is 4.55. The number of hydrogen-bond acceptors (Lipinski definition) is 2. The average molecular weight is 274 g/mol. The van der Waals surface area contributed by atoms with E-state index in [0.29, 0.717) is 5.88 Å². The summed E-state index contributed by atoms with van der Waals surface area (Å²) in [6, 6.07) is 6.03. The molecule has 1 saturated heterocycles. The summed E-state index contributed by atoms with van der Waals surface area (Å²) in [6.45, 7) is 4.80. The predicted molar refractivity (Wildman–Crippen MR) is 73.3 cm³/mol. The quantitative estimate of drug-likeness (QED) is 0.762. The lowest BCUT2D eigenvalue weighted by Gasteiger charge is -2.25. The third-order valence-electron chi connectivity index (χ3n) is 2.96. The molecule has 1 aromatic carbocycles. The number of hydrogen-bond donors (Lipinski definition) is 0. The van der Waals surface area contributed by atoms with E-state index in [1.807, 2.05) is 12.1 Å². The van der Waals surface area contributed by atoms with Crippen LogP contribution in [-0.4, -0.2) is 25.8 Å². The van der Waals surface area contributed by atoms with Crippen LogP contribution in [0.3, 0.4) is 0 Å². The lowest BCUT2D eigenvalue weighted by molar-refractivity contribution is 0.0821. The summed E-state index contributed by atoms with van der Waals surface area (Å²) in [7, 11) is 0. The third-order valence-corrected chi connectivity index (χ3v) is 3.57. The largest absolute Gasteiger partial charge is 0.377 e. The highest BCUT2D eigenvalue weighted by Gasteiger charge is 2.17. The first-order valence-electron chi connectivity index (χ1n) is 5.91. The highest BCUT2D eigenvalue weighted by Crippen LogP contribution is 2.28. The second-order valence-electron chi connectivity index (χ2n) is 4.40. The molecular formula is C13H17Cl2NO. The van der Waals surface area contributed by atoms with E-state index in [4.69, 9.17) is 27.9 Å². The minimum absolute atomic E-state index is 0.251. The van der Waals surface area contributed by atoms with Crippen LogP contribution in [0.15, 0.2) is 18.2 Å². The van der Waals surface area contributed by atoms with Crippen LogP contribution in [0.25, 0.3) is 0 Å². The van der Waals surface area contributed by atoms with Crippen molar-refractivity contribution in [2.24, 2.45) is 0 Å². The van der Waals surface area contributed by atoms with Crippen LogP contribution < -0.4 is 4.90 Å². The molecule has 17 heavy (non-hydrogen) atoms. The Balaban J connectivity index is 2.20. The van der Waals surface area contributed by atoms with Gasteiger partial charge in [-0.05, 0) is 31.0 Å². The van der Waals surface area contributed by atoms with Crippen LogP contribution in [-0.2, 0) is 10.6 Å². The summed E-state index contributed by atoms with van der Waals surface area (Å²) in [6.07, 6.45) is 1.29. The number of benzene rings is 1. The fraction of sp³-hybridized carbons (Fsp3) is 0.538. The Morgan fingerprint density at radius 1 is 1.47 bits per heavy atom. The van der Waals surface area contributed by atoms with Crippen LogP contribution >= 0.6 is 23.2 Å². The highest BCUT2D eigenvalue weighted by atomic mass is 35.5.